The van der Waals surface area contributed by atoms with Gasteiger partial charge in [-0.15, -0.1) is 0 Å². The van der Waals surface area contributed by atoms with Crippen LogP contribution >= 0.6 is 12.2 Å². The summed E-state index contributed by atoms with van der Waals surface area (Å²) in [4.78, 5) is 18.3. The number of benzene rings is 2. The van der Waals surface area contributed by atoms with Gasteiger partial charge < -0.3 is 24.5 Å². The number of hydrogen-bond acceptors (Lipinski definition) is 5. The van der Waals surface area contributed by atoms with Gasteiger partial charge in [0.25, 0.3) is 0 Å². The zero-order valence-electron chi connectivity index (χ0n) is 18.2. The van der Waals surface area contributed by atoms with Crippen LogP contribution in [0.1, 0.15) is 33.9 Å². The molecule has 1 aliphatic heterocycles. The van der Waals surface area contributed by atoms with Gasteiger partial charge in [0.2, 0.25) is 0 Å². The molecule has 2 aromatic carbocycles. The Morgan fingerprint density at radius 3 is 2.53 bits per heavy atom. The number of furan rings is 1. The number of ether oxygens (including phenoxy) is 1. The Morgan fingerprint density at radius 1 is 1.06 bits per heavy atom. The molecule has 2 N–H and O–H groups in total. The van der Waals surface area contributed by atoms with Crippen LogP contribution in [0.2, 0.25) is 0 Å². The largest absolute Gasteiger partial charge is 0.497 e. The van der Waals surface area contributed by atoms with E-state index in [1.807, 2.05) is 53.4 Å². The molecular weight excluding hydrogens is 450 g/mol. The van der Waals surface area contributed by atoms with Gasteiger partial charge >= 0.3 is 5.97 Å². The Balaban J connectivity index is 1.60. The van der Waals surface area contributed by atoms with Crippen LogP contribution in [0.25, 0.3) is 11.3 Å². The molecule has 2 aromatic heterocycles. The number of aromatic nitrogens is 1. The Labute approximate surface area is 201 Å². The second kappa shape index (κ2) is 8.99. The molecule has 0 bridgehead atoms. The summed E-state index contributed by atoms with van der Waals surface area (Å²) in [5.41, 5.74) is 2.37. The number of anilines is 1. The lowest BCUT2D eigenvalue weighted by molar-refractivity contribution is 0.0697. The van der Waals surface area contributed by atoms with Crippen LogP contribution in [-0.4, -0.2) is 28.3 Å². The number of carboxylic acid groups (broad SMARTS) is 1. The van der Waals surface area contributed by atoms with Crippen molar-refractivity contribution in [3.05, 3.63) is 102 Å². The number of aromatic carboxylic acids is 1. The quantitative estimate of drug-likeness (QED) is 0.370. The summed E-state index contributed by atoms with van der Waals surface area (Å²) in [5, 5.41) is 13.5. The van der Waals surface area contributed by atoms with Gasteiger partial charge in [0, 0.05) is 17.4 Å². The van der Waals surface area contributed by atoms with E-state index in [0.29, 0.717) is 22.2 Å². The second-order valence-corrected chi connectivity index (χ2v) is 8.13. The Morgan fingerprint density at radius 2 is 1.82 bits per heavy atom. The molecule has 8 heteroatoms. The number of rotatable bonds is 6. The number of thiocarbonyl (C=S) groups is 1. The molecule has 3 heterocycles. The summed E-state index contributed by atoms with van der Waals surface area (Å²) in [5.74, 6) is 0.836. The standard InChI is InChI=1S/C26H21N3O4S/c1-32-17-11-9-16(10-12-17)29-24(23(28-26(29)34)20-8-4-5-15-27-20)22-14-13-21(33-22)18-6-2-3-7-19(18)25(30)31/h2-15,23-24H,1H3,(H,28,34)(H,30,31)/t23-,24+/m1/s1. The van der Waals surface area contributed by atoms with E-state index < -0.39 is 5.97 Å². The lowest BCUT2D eigenvalue weighted by atomic mass is 10.0. The van der Waals surface area contributed by atoms with Crippen molar-refractivity contribution in [3.63, 3.8) is 0 Å². The third-order valence-corrected chi connectivity index (χ3v) is 6.10. The fourth-order valence-corrected chi connectivity index (χ4v) is 4.55. The molecular formula is C26H21N3O4S. The first kappa shape index (κ1) is 21.7. The van der Waals surface area contributed by atoms with Crippen molar-refractivity contribution in [1.82, 2.24) is 10.3 Å². The molecule has 0 unspecified atom stereocenters. The number of nitrogens with zero attached hydrogens (tertiary/aromatic N) is 2. The average Bonchev–Trinajstić information content (AvgIpc) is 3.49. The Bertz CT molecular complexity index is 1340. The van der Waals surface area contributed by atoms with Crippen molar-refractivity contribution in [2.45, 2.75) is 12.1 Å². The molecule has 1 fully saturated rings. The first-order valence-corrected chi connectivity index (χ1v) is 11.0. The van der Waals surface area contributed by atoms with Gasteiger partial charge in [-0.1, -0.05) is 24.3 Å². The highest BCUT2D eigenvalue weighted by molar-refractivity contribution is 7.80. The van der Waals surface area contributed by atoms with Crippen LogP contribution in [-0.2, 0) is 0 Å². The summed E-state index contributed by atoms with van der Waals surface area (Å²) >= 11 is 5.73. The molecule has 0 spiro atoms. The van der Waals surface area contributed by atoms with Crippen LogP contribution < -0.4 is 15.0 Å². The summed E-state index contributed by atoms with van der Waals surface area (Å²) in [6, 6.07) is 23.2. The number of carbonyl (C=O) groups is 1. The van der Waals surface area contributed by atoms with E-state index in [-0.39, 0.29) is 17.6 Å². The smallest absolute Gasteiger partial charge is 0.336 e. The predicted octanol–water partition coefficient (Wildman–Crippen LogP) is 5.23. The molecule has 4 aromatic rings. The second-order valence-electron chi connectivity index (χ2n) is 7.75. The van der Waals surface area contributed by atoms with Crippen LogP contribution in [0.5, 0.6) is 5.75 Å². The highest BCUT2D eigenvalue weighted by Gasteiger charge is 2.42. The Hall–Kier alpha value is -4.17. The molecule has 1 aliphatic rings. The molecule has 170 valence electrons. The number of hydrogen-bond donors (Lipinski definition) is 2. The maximum absolute atomic E-state index is 11.7. The van der Waals surface area contributed by atoms with Crippen molar-refractivity contribution < 1.29 is 19.1 Å². The van der Waals surface area contributed by atoms with Crippen LogP contribution in [0.15, 0.2) is 89.5 Å². The van der Waals surface area contributed by atoms with Crippen LogP contribution in [0, 0.1) is 0 Å². The lowest BCUT2D eigenvalue weighted by Crippen LogP contribution is -2.29. The predicted molar refractivity (Wildman–Crippen MR) is 132 cm³/mol. The van der Waals surface area contributed by atoms with Crippen LogP contribution in [0.4, 0.5) is 5.69 Å². The van der Waals surface area contributed by atoms with E-state index in [2.05, 4.69) is 10.3 Å². The van der Waals surface area contributed by atoms with E-state index in [1.54, 1.807) is 43.6 Å². The zero-order valence-corrected chi connectivity index (χ0v) is 19.0. The van der Waals surface area contributed by atoms with Crippen molar-refractivity contribution in [2.75, 3.05) is 12.0 Å². The highest BCUT2D eigenvalue weighted by Crippen LogP contribution is 2.43. The number of nitrogens with one attached hydrogen (secondary N) is 1. The molecule has 2 atom stereocenters. The molecule has 0 aliphatic carbocycles. The maximum Gasteiger partial charge on any atom is 0.336 e. The van der Waals surface area contributed by atoms with Gasteiger partial charge in [0.15, 0.2) is 5.11 Å². The molecule has 0 saturated carbocycles. The van der Waals surface area contributed by atoms with Gasteiger partial charge in [0.1, 0.15) is 23.3 Å². The molecule has 0 amide bonds. The number of methoxy groups -OCH3 is 1. The maximum atomic E-state index is 11.7. The zero-order chi connectivity index (χ0) is 23.7. The number of carboxylic acids is 1. The van der Waals surface area contributed by atoms with Gasteiger partial charge in [-0.25, -0.2) is 4.79 Å². The fraction of sp³-hybridized carbons (Fsp3) is 0.115. The first-order valence-electron chi connectivity index (χ1n) is 10.6. The first-order chi connectivity index (χ1) is 16.6. The number of pyridine rings is 1. The molecule has 7 nitrogen and oxygen atoms in total. The highest BCUT2D eigenvalue weighted by atomic mass is 32.1. The van der Waals surface area contributed by atoms with Crippen molar-refractivity contribution in [2.24, 2.45) is 0 Å². The van der Waals surface area contributed by atoms with E-state index in [0.717, 1.165) is 17.1 Å². The van der Waals surface area contributed by atoms with E-state index in [1.165, 1.54) is 0 Å². The van der Waals surface area contributed by atoms with E-state index in [4.69, 9.17) is 21.4 Å². The van der Waals surface area contributed by atoms with Gasteiger partial charge in [-0.2, -0.15) is 0 Å². The summed E-state index contributed by atoms with van der Waals surface area (Å²) < 4.78 is 11.6. The summed E-state index contributed by atoms with van der Waals surface area (Å²) in [7, 11) is 1.62. The fourth-order valence-electron chi connectivity index (χ4n) is 4.21. The third-order valence-electron chi connectivity index (χ3n) is 5.79. The van der Waals surface area contributed by atoms with Gasteiger partial charge in [-0.05, 0) is 66.8 Å². The van der Waals surface area contributed by atoms with Crippen molar-refractivity contribution in [1.29, 1.82) is 0 Å². The minimum absolute atomic E-state index is 0.178. The molecule has 1 saturated heterocycles. The van der Waals surface area contributed by atoms with Crippen LogP contribution in [0.3, 0.4) is 0 Å². The summed E-state index contributed by atoms with van der Waals surface area (Å²) in [6.07, 6.45) is 1.74. The van der Waals surface area contributed by atoms with Crippen molar-refractivity contribution >= 4 is 29.0 Å². The SMILES string of the molecule is COc1ccc(N2C(=S)N[C@H](c3ccccn3)[C@@H]2c2ccc(-c3ccccc3C(=O)O)o2)cc1. The third kappa shape index (κ3) is 3.88. The van der Waals surface area contributed by atoms with Gasteiger partial charge in [-0.3, -0.25) is 4.98 Å². The topological polar surface area (TPSA) is 87.8 Å². The molecule has 5 rings (SSSR count). The average molecular weight is 472 g/mol. The lowest BCUT2D eigenvalue weighted by Gasteiger charge is -2.26. The minimum atomic E-state index is -1.01. The van der Waals surface area contributed by atoms with Crippen molar-refractivity contribution in [3.8, 4) is 17.1 Å². The normalized spacial score (nSPS) is 17.4. The van der Waals surface area contributed by atoms with E-state index >= 15 is 0 Å². The Kier molecular flexibility index (Phi) is 5.73. The molecule has 34 heavy (non-hydrogen) atoms. The molecule has 0 radical (unpaired) electrons. The summed E-state index contributed by atoms with van der Waals surface area (Å²) in [6.45, 7) is 0. The minimum Gasteiger partial charge on any atom is -0.497 e. The van der Waals surface area contributed by atoms with E-state index in [9.17, 15) is 9.90 Å². The monoisotopic (exact) mass is 471 g/mol. The van der Waals surface area contributed by atoms with Gasteiger partial charge in [0.05, 0.1) is 24.4 Å².